The van der Waals surface area contributed by atoms with Gasteiger partial charge in [-0.2, -0.15) is 0 Å². The van der Waals surface area contributed by atoms with Crippen LogP contribution in [0.5, 0.6) is 0 Å². The van der Waals surface area contributed by atoms with Gasteiger partial charge in [-0.25, -0.2) is 0 Å². The zero-order chi connectivity index (χ0) is 9.59. The van der Waals surface area contributed by atoms with E-state index >= 15 is 0 Å². The Kier molecular flexibility index (Phi) is 2.08. The fourth-order valence-electron chi connectivity index (χ4n) is 1.81. The lowest BCUT2D eigenvalue weighted by Gasteiger charge is -2.08. The van der Waals surface area contributed by atoms with Crippen LogP contribution in [0.3, 0.4) is 0 Å². The minimum absolute atomic E-state index is 0.398. The Labute approximate surface area is 82.8 Å². The van der Waals surface area contributed by atoms with Crippen LogP contribution >= 0.6 is 0 Å². The summed E-state index contributed by atoms with van der Waals surface area (Å²) in [5, 5.41) is 0. The molecule has 0 N–H and O–H groups in total. The highest BCUT2D eigenvalue weighted by Crippen LogP contribution is 2.11. The van der Waals surface area contributed by atoms with Crippen molar-refractivity contribution in [3.8, 4) is 0 Å². The monoisotopic (exact) mass is 204 g/mol. The maximum absolute atomic E-state index is 2.53. The fourth-order valence-corrected chi connectivity index (χ4v) is 6.25. The Morgan fingerprint density at radius 1 is 1.31 bits per heavy atom. The molecule has 0 saturated carbocycles. The van der Waals surface area contributed by atoms with Crippen molar-refractivity contribution in [3.63, 3.8) is 0 Å². The van der Waals surface area contributed by atoms with E-state index in [1.165, 1.54) is 11.1 Å². The van der Waals surface area contributed by atoms with E-state index < -0.39 is 8.57 Å². The third-order valence-electron chi connectivity index (χ3n) is 2.89. The van der Waals surface area contributed by atoms with Gasteiger partial charge in [0.1, 0.15) is 8.57 Å². The average Bonchev–Trinajstić information content (AvgIpc) is 2.37. The first-order valence-corrected chi connectivity index (χ1v) is 7.45. The van der Waals surface area contributed by atoms with Gasteiger partial charge in [-0.15, -0.1) is 0 Å². The van der Waals surface area contributed by atoms with Crippen LogP contribution in [-0.2, 0) is 0 Å². The maximum atomic E-state index is 2.53. The van der Waals surface area contributed by atoms with Gasteiger partial charge in [0.15, 0.2) is 9.29 Å². The fraction of sp³-hybridized carbons (Fsp3) is 0.400. The second kappa shape index (κ2) is 2.99. The summed E-state index contributed by atoms with van der Waals surface area (Å²) >= 11 is 0. The van der Waals surface area contributed by atoms with Crippen molar-refractivity contribution in [2.45, 2.75) is 20.4 Å². The van der Waals surface area contributed by atoms with Gasteiger partial charge in [0.25, 0.3) is 0 Å². The minimum atomic E-state index is -0.398. The predicted molar refractivity (Wildman–Crippen MR) is 58.7 cm³/mol. The molecule has 67 valence electrons. The molecule has 1 aromatic carbocycles. The molecule has 0 saturated heterocycles. The number of aryl methyl sites for hydroxylation is 1. The molecule has 0 bridgehead atoms. The topological polar surface area (TPSA) is 3.24 Å². The van der Waals surface area contributed by atoms with Crippen LogP contribution in [0.4, 0.5) is 0 Å². The van der Waals surface area contributed by atoms with E-state index in [0.29, 0.717) is 0 Å². The Morgan fingerprint density at radius 3 is 2.69 bits per heavy atom. The summed E-state index contributed by atoms with van der Waals surface area (Å²) in [7, 11) is 2.76. The SMILES string of the molecule is Cc1ccc2c(c1C)=[Si](C)N(C)[Si]=2. The number of rotatable bonds is 0. The van der Waals surface area contributed by atoms with E-state index in [0.717, 1.165) is 9.29 Å². The molecule has 2 rings (SSSR count). The molecule has 0 fully saturated rings. The zero-order valence-corrected chi connectivity index (χ0v) is 10.6. The largest absolute Gasteiger partial charge is 0.416 e. The standard InChI is InChI=1S/C10H14NSi2/c1-7-5-6-9-10(8(7)2)13(4)11(3)12-9/h5-6H,1-4H3. The van der Waals surface area contributed by atoms with Gasteiger partial charge in [-0.3, -0.25) is 0 Å². The predicted octanol–water partition coefficient (Wildman–Crippen LogP) is 1.57. The summed E-state index contributed by atoms with van der Waals surface area (Å²) < 4.78 is 2.53. The average molecular weight is 204 g/mol. The number of fused-ring (bicyclic) bond motifs is 1. The lowest BCUT2D eigenvalue weighted by Crippen LogP contribution is -2.22. The molecule has 1 aromatic rings. The molecule has 1 heterocycles. The second-order valence-electron chi connectivity index (χ2n) is 3.69. The van der Waals surface area contributed by atoms with Crippen molar-refractivity contribution in [1.29, 1.82) is 0 Å². The van der Waals surface area contributed by atoms with Gasteiger partial charge < -0.3 is 4.23 Å². The first-order valence-electron chi connectivity index (χ1n) is 4.56. The summed E-state index contributed by atoms with van der Waals surface area (Å²) in [4.78, 5) is 3.26. The van der Waals surface area contributed by atoms with E-state index in [2.05, 4.69) is 43.8 Å². The highest BCUT2D eigenvalue weighted by molar-refractivity contribution is 6.58. The lowest BCUT2D eigenvalue weighted by atomic mass is 10.1. The van der Waals surface area contributed by atoms with E-state index in [-0.39, 0.29) is 0 Å². The number of benzene rings is 1. The van der Waals surface area contributed by atoms with Crippen molar-refractivity contribution in [3.05, 3.63) is 32.9 Å². The van der Waals surface area contributed by atoms with Gasteiger partial charge in [0.05, 0.1) is 0 Å². The normalized spacial score (nSPS) is 14.5. The van der Waals surface area contributed by atoms with Crippen molar-refractivity contribution >= 4 is 17.9 Å². The molecule has 0 atom stereocenters. The number of hydrogen-bond donors (Lipinski definition) is 0. The van der Waals surface area contributed by atoms with Gasteiger partial charge in [0, 0.05) is 0 Å². The summed E-state index contributed by atoms with van der Waals surface area (Å²) in [5.41, 5.74) is 2.98. The van der Waals surface area contributed by atoms with E-state index in [1.807, 2.05) is 0 Å². The molecule has 0 amide bonds. The third-order valence-corrected chi connectivity index (χ3v) is 7.85. The van der Waals surface area contributed by atoms with Crippen molar-refractivity contribution in [1.82, 2.24) is 4.23 Å². The van der Waals surface area contributed by atoms with Gasteiger partial charge in [0.2, 0.25) is 0 Å². The smallest absolute Gasteiger partial charge is 0.159 e. The molecule has 0 aliphatic carbocycles. The maximum Gasteiger partial charge on any atom is 0.159 e. The highest BCUT2D eigenvalue weighted by Gasteiger charge is 2.09. The molecule has 1 aliphatic rings. The Balaban J connectivity index is 2.96. The molecule has 0 unspecified atom stereocenters. The summed E-state index contributed by atoms with van der Waals surface area (Å²) in [6, 6.07) is 4.57. The first-order chi connectivity index (χ1) is 6.11. The molecule has 3 heteroatoms. The van der Waals surface area contributed by atoms with E-state index in [9.17, 15) is 0 Å². The van der Waals surface area contributed by atoms with Crippen LogP contribution < -0.4 is 0 Å². The van der Waals surface area contributed by atoms with E-state index in [4.69, 9.17) is 0 Å². The van der Waals surface area contributed by atoms with Crippen LogP contribution in [0, 0.1) is 23.5 Å². The quantitative estimate of drug-likeness (QED) is 0.580. The van der Waals surface area contributed by atoms with Gasteiger partial charge in [-0.1, -0.05) is 12.1 Å². The highest BCUT2D eigenvalue weighted by atomic mass is 28.3. The summed E-state index contributed by atoms with van der Waals surface area (Å²) in [6.45, 7) is 6.88. The first kappa shape index (κ1) is 9.03. The van der Waals surface area contributed by atoms with Gasteiger partial charge >= 0.3 is 0 Å². The Bertz CT molecular complexity index is 476. The molecule has 1 aliphatic heterocycles. The zero-order valence-electron chi connectivity index (χ0n) is 8.60. The lowest BCUT2D eigenvalue weighted by molar-refractivity contribution is 0.860. The van der Waals surface area contributed by atoms with Crippen molar-refractivity contribution in [2.24, 2.45) is 0 Å². The van der Waals surface area contributed by atoms with Crippen molar-refractivity contribution in [2.75, 3.05) is 7.05 Å². The van der Waals surface area contributed by atoms with Crippen LogP contribution in [-0.4, -0.2) is 29.1 Å². The van der Waals surface area contributed by atoms with Crippen LogP contribution in [0.1, 0.15) is 11.1 Å². The second-order valence-corrected chi connectivity index (χ2v) is 7.91. The molecule has 1 nitrogen and oxygen atoms in total. The van der Waals surface area contributed by atoms with E-state index in [1.54, 1.807) is 9.63 Å². The number of nitrogens with zero attached hydrogens (tertiary/aromatic N) is 1. The Morgan fingerprint density at radius 2 is 2.00 bits per heavy atom. The number of hydrogen-bond acceptors (Lipinski definition) is 1. The molecule has 0 aromatic heterocycles. The molecule has 0 spiro atoms. The summed E-state index contributed by atoms with van der Waals surface area (Å²) in [6.07, 6.45) is 0. The van der Waals surface area contributed by atoms with Crippen LogP contribution in [0.25, 0.3) is 0 Å². The third kappa shape index (κ3) is 1.26. The molecular weight excluding hydrogens is 190 g/mol. The Hall–Kier alpha value is -0.546. The molecule has 1 radical (unpaired) electrons. The summed E-state index contributed by atoms with van der Waals surface area (Å²) in [5.74, 6) is 0. The minimum Gasteiger partial charge on any atom is -0.416 e. The van der Waals surface area contributed by atoms with Crippen LogP contribution in [0.15, 0.2) is 12.1 Å². The molecule has 13 heavy (non-hydrogen) atoms. The van der Waals surface area contributed by atoms with Crippen molar-refractivity contribution < 1.29 is 0 Å². The van der Waals surface area contributed by atoms with Crippen LogP contribution in [0.2, 0.25) is 6.55 Å². The van der Waals surface area contributed by atoms with Gasteiger partial charge in [-0.05, 0) is 48.2 Å². The molecular formula is C10H14NSi2.